The van der Waals surface area contributed by atoms with Gasteiger partial charge in [0.25, 0.3) is 0 Å². The predicted molar refractivity (Wildman–Crippen MR) is 112 cm³/mol. The Morgan fingerprint density at radius 3 is 2.69 bits per heavy atom. The summed E-state index contributed by atoms with van der Waals surface area (Å²) in [6.07, 6.45) is 4.67. The van der Waals surface area contributed by atoms with E-state index in [4.69, 9.17) is 13.7 Å². The maximum absolute atomic E-state index is 12.4. The zero-order valence-electron chi connectivity index (χ0n) is 16.4. The molecule has 0 saturated carbocycles. The number of nitrogens with zero attached hydrogens (tertiary/aromatic N) is 1. The molecule has 0 saturated heterocycles. The molecule has 4 aromatic rings. The number of carbonyl (C=O) groups excluding carboxylic acids is 1. The first kappa shape index (κ1) is 18.6. The Morgan fingerprint density at radius 2 is 2.00 bits per heavy atom. The van der Waals surface area contributed by atoms with Crippen molar-refractivity contribution in [1.82, 2.24) is 5.16 Å². The third-order valence-corrected chi connectivity index (χ3v) is 4.79. The van der Waals surface area contributed by atoms with Crippen LogP contribution >= 0.6 is 0 Å². The molecule has 0 aliphatic rings. The molecule has 146 valence electrons. The molecule has 29 heavy (non-hydrogen) atoms. The Hall–Kier alpha value is -3.80. The summed E-state index contributed by atoms with van der Waals surface area (Å²) in [4.78, 5) is 12.4. The van der Waals surface area contributed by atoms with Crippen LogP contribution in [0.1, 0.15) is 18.1 Å². The number of fused-ring (bicyclic) bond motifs is 1. The summed E-state index contributed by atoms with van der Waals surface area (Å²) in [5.41, 5.74) is 5.29. The van der Waals surface area contributed by atoms with E-state index >= 15 is 0 Å². The summed E-state index contributed by atoms with van der Waals surface area (Å²) in [5, 5.41) is 7.32. The summed E-state index contributed by atoms with van der Waals surface area (Å²) in [7, 11) is 1.61. The summed E-state index contributed by atoms with van der Waals surface area (Å²) in [5.74, 6) is 0.736. The first-order valence-electron chi connectivity index (χ1n) is 9.12. The monoisotopic (exact) mass is 388 g/mol. The smallest absolute Gasteiger partial charge is 0.249 e. The minimum Gasteiger partial charge on any atom is -0.496 e. The lowest BCUT2D eigenvalue weighted by molar-refractivity contribution is -0.111. The molecular formula is C23H20N2O4. The Bertz CT molecular complexity index is 1190. The highest BCUT2D eigenvalue weighted by molar-refractivity contribution is 6.05. The number of aromatic nitrogens is 1. The van der Waals surface area contributed by atoms with Crippen molar-refractivity contribution in [1.29, 1.82) is 0 Å². The van der Waals surface area contributed by atoms with E-state index in [1.165, 1.54) is 12.3 Å². The number of hydrogen-bond acceptors (Lipinski definition) is 5. The van der Waals surface area contributed by atoms with Gasteiger partial charge in [-0.1, -0.05) is 35.5 Å². The molecule has 1 amide bonds. The van der Waals surface area contributed by atoms with Crippen molar-refractivity contribution in [2.45, 2.75) is 13.8 Å². The van der Waals surface area contributed by atoms with Crippen LogP contribution in [0.3, 0.4) is 0 Å². The number of allylic oxidation sites excluding steroid dienone is 1. The van der Waals surface area contributed by atoms with Crippen LogP contribution in [-0.4, -0.2) is 18.2 Å². The second-order valence-electron chi connectivity index (χ2n) is 6.68. The van der Waals surface area contributed by atoms with E-state index in [2.05, 4.69) is 10.5 Å². The fourth-order valence-corrected chi connectivity index (χ4v) is 3.43. The summed E-state index contributed by atoms with van der Waals surface area (Å²) >= 11 is 0. The van der Waals surface area contributed by atoms with E-state index in [1.807, 2.05) is 50.2 Å². The van der Waals surface area contributed by atoms with Crippen molar-refractivity contribution in [2.24, 2.45) is 0 Å². The average Bonchev–Trinajstić information content (AvgIpc) is 3.38. The lowest BCUT2D eigenvalue weighted by Crippen LogP contribution is -2.09. The molecule has 0 unspecified atom stereocenters. The third kappa shape index (κ3) is 3.52. The Kier molecular flexibility index (Phi) is 4.91. The van der Waals surface area contributed by atoms with Crippen LogP contribution in [0.4, 0.5) is 5.82 Å². The van der Waals surface area contributed by atoms with Gasteiger partial charge in [0.15, 0.2) is 5.82 Å². The fourth-order valence-electron chi connectivity index (χ4n) is 3.43. The highest BCUT2D eigenvalue weighted by atomic mass is 16.5. The van der Waals surface area contributed by atoms with E-state index in [9.17, 15) is 4.79 Å². The Labute approximate surface area is 167 Å². The van der Waals surface area contributed by atoms with Crippen molar-refractivity contribution in [3.05, 3.63) is 72.2 Å². The highest BCUT2D eigenvalue weighted by Gasteiger charge is 2.18. The fraction of sp³-hybridized carbons (Fsp3) is 0.130. The van der Waals surface area contributed by atoms with Gasteiger partial charge in [-0.25, -0.2) is 0 Å². The van der Waals surface area contributed by atoms with E-state index in [1.54, 1.807) is 19.4 Å². The maximum Gasteiger partial charge on any atom is 0.249 e. The number of hydrogen-bond donors (Lipinski definition) is 1. The van der Waals surface area contributed by atoms with Crippen LogP contribution in [-0.2, 0) is 4.79 Å². The van der Waals surface area contributed by atoms with Gasteiger partial charge in [0.05, 0.1) is 13.4 Å². The Morgan fingerprint density at radius 1 is 1.21 bits per heavy atom. The van der Waals surface area contributed by atoms with Gasteiger partial charge in [-0.05, 0) is 31.1 Å². The molecule has 4 rings (SSSR count). The largest absolute Gasteiger partial charge is 0.496 e. The normalized spacial score (nSPS) is 11.6. The second kappa shape index (κ2) is 7.67. The molecule has 6 nitrogen and oxygen atoms in total. The summed E-state index contributed by atoms with van der Waals surface area (Å²) in [6.45, 7) is 3.82. The third-order valence-electron chi connectivity index (χ3n) is 4.79. The lowest BCUT2D eigenvalue weighted by Gasteiger charge is -2.13. The van der Waals surface area contributed by atoms with Crippen LogP contribution in [0, 0.1) is 6.92 Å². The molecule has 0 aliphatic heterocycles. The molecule has 2 aromatic heterocycles. The zero-order chi connectivity index (χ0) is 20.4. The minimum atomic E-state index is -0.299. The number of amides is 1. The van der Waals surface area contributed by atoms with Crippen molar-refractivity contribution in [3.63, 3.8) is 0 Å². The van der Waals surface area contributed by atoms with E-state index in [-0.39, 0.29) is 5.91 Å². The van der Waals surface area contributed by atoms with Gasteiger partial charge in [0.1, 0.15) is 17.6 Å². The second-order valence-corrected chi connectivity index (χ2v) is 6.68. The van der Waals surface area contributed by atoms with Gasteiger partial charge in [0.2, 0.25) is 5.91 Å². The number of carbonyl (C=O) groups is 1. The molecule has 2 heterocycles. The quantitative estimate of drug-likeness (QED) is 0.460. The molecule has 1 N–H and O–H groups in total. The van der Waals surface area contributed by atoms with Crippen LogP contribution in [0.5, 0.6) is 5.75 Å². The number of ether oxygens (including phenoxy) is 1. The molecule has 0 aliphatic carbocycles. The molecular weight excluding hydrogens is 368 g/mol. The van der Waals surface area contributed by atoms with Gasteiger partial charge >= 0.3 is 0 Å². The van der Waals surface area contributed by atoms with Gasteiger partial charge in [0, 0.05) is 34.2 Å². The van der Waals surface area contributed by atoms with E-state index in [0.29, 0.717) is 11.6 Å². The highest BCUT2D eigenvalue weighted by Crippen LogP contribution is 2.40. The number of methoxy groups -OCH3 is 1. The molecule has 2 aromatic carbocycles. The predicted octanol–water partition coefficient (Wildman–Crippen LogP) is 5.45. The Balaban J connectivity index is 1.80. The van der Waals surface area contributed by atoms with Crippen LogP contribution < -0.4 is 10.1 Å². The number of anilines is 1. The number of nitrogens with one attached hydrogen (secondary N) is 1. The van der Waals surface area contributed by atoms with Crippen LogP contribution in [0.15, 0.2) is 70.0 Å². The average molecular weight is 388 g/mol. The summed E-state index contributed by atoms with van der Waals surface area (Å²) in [6, 6.07) is 13.6. The molecule has 6 heteroatoms. The van der Waals surface area contributed by atoms with Crippen LogP contribution in [0.2, 0.25) is 0 Å². The molecule has 0 atom stereocenters. The molecule has 0 fully saturated rings. The van der Waals surface area contributed by atoms with Gasteiger partial charge in [-0.15, -0.1) is 0 Å². The maximum atomic E-state index is 12.4. The molecule has 0 radical (unpaired) electrons. The van der Waals surface area contributed by atoms with E-state index < -0.39 is 0 Å². The van der Waals surface area contributed by atoms with Crippen molar-refractivity contribution >= 4 is 28.3 Å². The first-order chi connectivity index (χ1) is 14.1. The standard InChI is InChI=1S/C23H20N2O4/c1-14(11-21(26)24-20-9-10-29-25-20)17-12-18-19(16-7-5-4-6-8-16)13-28-23(18)15(2)22(17)27-3/h4-13H,1-3H3,(H,24,25,26)/b14-11+. The SMILES string of the molecule is COc1c(/C(C)=C/C(=O)Nc2ccon2)cc2c(-c3ccccc3)coc2c1C. The first-order valence-corrected chi connectivity index (χ1v) is 9.12. The minimum absolute atomic E-state index is 0.299. The molecule has 0 spiro atoms. The topological polar surface area (TPSA) is 77.5 Å². The number of rotatable bonds is 5. The molecule has 0 bridgehead atoms. The van der Waals surface area contributed by atoms with Gasteiger partial charge in [-0.3, -0.25) is 4.79 Å². The number of benzene rings is 2. The lowest BCUT2D eigenvalue weighted by atomic mass is 9.96. The van der Waals surface area contributed by atoms with Gasteiger partial charge in [-0.2, -0.15) is 0 Å². The van der Waals surface area contributed by atoms with E-state index in [0.717, 1.165) is 38.8 Å². The van der Waals surface area contributed by atoms with Crippen molar-refractivity contribution < 1.29 is 18.5 Å². The number of furan rings is 1. The van der Waals surface area contributed by atoms with Gasteiger partial charge < -0.3 is 19.0 Å². The van der Waals surface area contributed by atoms with Crippen molar-refractivity contribution in [2.75, 3.05) is 12.4 Å². The van der Waals surface area contributed by atoms with Crippen LogP contribution in [0.25, 0.3) is 27.7 Å². The zero-order valence-corrected chi connectivity index (χ0v) is 16.4. The number of aryl methyl sites for hydroxylation is 1. The van der Waals surface area contributed by atoms with Crippen molar-refractivity contribution in [3.8, 4) is 16.9 Å². The summed E-state index contributed by atoms with van der Waals surface area (Å²) < 4.78 is 16.2.